The van der Waals surface area contributed by atoms with E-state index < -0.39 is 0 Å². The second kappa shape index (κ2) is 6.17. The number of rotatable bonds is 4. The number of anilines is 1. The van der Waals surface area contributed by atoms with Crippen LogP contribution in [0.2, 0.25) is 0 Å². The lowest BCUT2D eigenvalue weighted by molar-refractivity contribution is 0.0853. The average Bonchev–Trinajstić information content (AvgIpc) is 2.88. The fourth-order valence-electron chi connectivity index (χ4n) is 2.01. The smallest absolute Gasteiger partial charge is 0.271 e. The van der Waals surface area contributed by atoms with E-state index in [2.05, 4.69) is 20.8 Å². The van der Waals surface area contributed by atoms with Crippen LogP contribution in [0, 0.1) is 0 Å². The van der Waals surface area contributed by atoms with Gasteiger partial charge >= 0.3 is 0 Å². The Morgan fingerprint density at radius 3 is 2.75 bits per heavy atom. The summed E-state index contributed by atoms with van der Waals surface area (Å²) in [5, 5.41) is 14.0. The molecule has 1 aromatic heterocycles. The monoisotopic (exact) mass is 278 g/mol. The van der Waals surface area contributed by atoms with Crippen molar-refractivity contribution in [1.82, 2.24) is 15.5 Å². The highest BCUT2D eigenvalue weighted by molar-refractivity contribution is 5.92. The summed E-state index contributed by atoms with van der Waals surface area (Å²) in [7, 11) is 0. The van der Waals surface area contributed by atoms with E-state index in [1.165, 1.54) is 0 Å². The van der Waals surface area contributed by atoms with Gasteiger partial charge in [0.15, 0.2) is 5.69 Å². The summed E-state index contributed by atoms with van der Waals surface area (Å²) in [6.07, 6.45) is 2.20. The zero-order valence-electron chi connectivity index (χ0n) is 12.3. The molecule has 0 aromatic carbocycles. The Kier molecular flexibility index (Phi) is 4.54. The number of nitrogens with zero attached hydrogens (tertiary/aromatic N) is 2. The lowest BCUT2D eigenvalue weighted by atomic mass is 10.1. The maximum atomic E-state index is 11.9. The molecule has 20 heavy (non-hydrogen) atoms. The Morgan fingerprint density at radius 1 is 1.40 bits per heavy atom. The molecular formula is C14H22N4O2. The van der Waals surface area contributed by atoms with E-state index in [1.807, 2.05) is 20.8 Å². The molecule has 0 radical (unpaired) electrons. The first-order valence-electron chi connectivity index (χ1n) is 6.96. The minimum absolute atomic E-state index is 0.0851. The van der Waals surface area contributed by atoms with E-state index in [0.717, 1.165) is 19.4 Å². The summed E-state index contributed by atoms with van der Waals surface area (Å²) in [4.78, 5) is 11.9. The lowest BCUT2D eigenvalue weighted by Gasteiger charge is -2.20. The maximum absolute atomic E-state index is 11.9. The molecule has 2 N–H and O–H groups in total. The Hall–Kier alpha value is -1.69. The second-order valence-corrected chi connectivity index (χ2v) is 6.02. The zero-order chi connectivity index (χ0) is 14.6. The van der Waals surface area contributed by atoms with Crippen molar-refractivity contribution in [3.05, 3.63) is 17.8 Å². The normalized spacial score (nSPS) is 18.9. The highest BCUT2D eigenvalue weighted by Gasteiger charge is 2.17. The number of amides is 1. The number of carbonyl (C=O) groups excluding carboxylic acids is 1. The van der Waals surface area contributed by atoms with Gasteiger partial charge in [-0.05, 0) is 45.7 Å². The minimum Gasteiger partial charge on any atom is -0.376 e. The first-order valence-corrected chi connectivity index (χ1v) is 6.96. The quantitative estimate of drug-likeness (QED) is 0.875. The first kappa shape index (κ1) is 14.7. The van der Waals surface area contributed by atoms with E-state index >= 15 is 0 Å². The van der Waals surface area contributed by atoms with Crippen LogP contribution in [0.5, 0.6) is 0 Å². The molecule has 1 atom stereocenters. The molecule has 0 aliphatic carbocycles. The Labute approximate surface area is 119 Å². The molecule has 0 saturated carbocycles. The van der Waals surface area contributed by atoms with Crippen LogP contribution in [0.15, 0.2) is 12.1 Å². The molecule has 0 bridgehead atoms. The third-order valence-corrected chi connectivity index (χ3v) is 2.91. The van der Waals surface area contributed by atoms with Crippen LogP contribution in [0.4, 0.5) is 5.82 Å². The van der Waals surface area contributed by atoms with Crippen molar-refractivity contribution in [2.75, 3.05) is 18.5 Å². The van der Waals surface area contributed by atoms with Gasteiger partial charge in [0.2, 0.25) is 0 Å². The minimum atomic E-state index is -0.213. The molecule has 1 unspecified atom stereocenters. The van der Waals surface area contributed by atoms with Gasteiger partial charge in [0.25, 0.3) is 5.91 Å². The van der Waals surface area contributed by atoms with Crippen molar-refractivity contribution in [3.8, 4) is 0 Å². The standard InChI is InChI=1S/C14H22N4O2/c1-14(2,3)16-12-7-6-11(17-18-12)13(19)15-9-10-5-4-8-20-10/h6-7,10H,4-5,8-9H2,1-3H3,(H,15,19)(H,16,18). The van der Waals surface area contributed by atoms with Crippen LogP contribution in [0.1, 0.15) is 44.1 Å². The fourth-order valence-corrected chi connectivity index (χ4v) is 2.01. The van der Waals surface area contributed by atoms with Crippen molar-refractivity contribution in [2.24, 2.45) is 0 Å². The summed E-state index contributed by atoms with van der Waals surface area (Å²) in [6, 6.07) is 3.44. The molecule has 1 aliphatic rings. The van der Waals surface area contributed by atoms with E-state index in [9.17, 15) is 4.79 Å². The third kappa shape index (κ3) is 4.45. The highest BCUT2D eigenvalue weighted by Crippen LogP contribution is 2.12. The second-order valence-electron chi connectivity index (χ2n) is 6.02. The summed E-state index contributed by atoms with van der Waals surface area (Å²) in [5.74, 6) is 0.448. The third-order valence-electron chi connectivity index (χ3n) is 2.91. The molecule has 6 heteroatoms. The van der Waals surface area contributed by atoms with Gasteiger partial charge in [-0.1, -0.05) is 0 Å². The van der Waals surface area contributed by atoms with E-state index in [4.69, 9.17) is 4.74 Å². The number of carbonyl (C=O) groups is 1. The topological polar surface area (TPSA) is 76.1 Å². The van der Waals surface area contributed by atoms with Crippen LogP contribution >= 0.6 is 0 Å². The van der Waals surface area contributed by atoms with Gasteiger partial charge in [-0.3, -0.25) is 4.79 Å². The molecule has 0 spiro atoms. The first-order chi connectivity index (χ1) is 9.44. The summed E-state index contributed by atoms with van der Waals surface area (Å²) < 4.78 is 5.45. The van der Waals surface area contributed by atoms with Crippen molar-refractivity contribution >= 4 is 11.7 Å². The van der Waals surface area contributed by atoms with Crippen molar-refractivity contribution < 1.29 is 9.53 Å². The average molecular weight is 278 g/mol. The van der Waals surface area contributed by atoms with Crippen LogP contribution in [0.25, 0.3) is 0 Å². The summed E-state index contributed by atoms with van der Waals surface area (Å²) in [5.41, 5.74) is 0.237. The van der Waals surface area contributed by atoms with Crippen molar-refractivity contribution in [1.29, 1.82) is 0 Å². The SMILES string of the molecule is CC(C)(C)Nc1ccc(C(=O)NCC2CCCO2)nn1. The number of hydrogen-bond donors (Lipinski definition) is 2. The maximum Gasteiger partial charge on any atom is 0.271 e. The highest BCUT2D eigenvalue weighted by atomic mass is 16.5. The van der Waals surface area contributed by atoms with Gasteiger partial charge in [0.05, 0.1) is 6.10 Å². The molecule has 110 valence electrons. The van der Waals surface area contributed by atoms with Crippen LogP contribution < -0.4 is 10.6 Å². The number of hydrogen-bond acceptors (Lipinski definition) is 5. The van der Waals surface area contributed by atoms with Gasteiger partial charge < -0.3 is 15.4 Å². The fraction of sp³-hybridized carbons (Fsp3) is 0.643. The molecule has 1 fully saturated rings. The Morgan fingerprint density at radius 2 is 2.20 bits per heavy atom. The van der Waals surface area contributed by atoms with E-state index in [-0.39, 0.29) is 17.6 Å². The van der Waals surface area contributed by atoms with Gasteiger partial charge in [-0.15, -0.1) is 10.2 Å². The van der Waals surface area contributed by atoms with E-state index in [0.29, 0.717) is 18.1 Å². The molecule has 1 amide bonds. The molecule has 1 saturated heterocycles. The number of ether oxygens (including phenoxy) is 1. The van der Waals surface area contributed by atoms with Gasteiger partial charge in [-0.25, -0.2) is 0 Å². The summed E-state index contributed by atoms with van der Waals surface area (Å²) >= 11 is 0. The molecule has 2 rings (SSSR count). The Balaban J connectivity index is 1.86. The predicted octanol–water partition coefficient (Wildman–Crippen LogP) is 1.60. The van der Waals surface area contributed by atoms with Gasteiger partial charge in [0.1, 0.15) is 5.82 Å². The Bertz CT molecular complexity index is 447. The molecule has 6 nitrogen and oxygen atoms in total. The van der Waals surface area contributed by atoms with Crippen molar-refractivity contribution in [3.63, 3.8) is 0 Å². The largest absolute Gasteiger partial charge is 0.376 e. The predicted molar refractivity (Wildman–Crippen MR) is 76.7 cm³/mol. The van der Waals surface area contributed by atoms with Gasteiger partial charge in [0, 0.05) is 18.7 Å². The number of nitrogens with one attached hydrogen (secondary N) is 2. The number of aromatic nitrogens is 2. The van der Waals surface area contributed by atoms with Crippen LogP contribution in [0.3, 0.4) is 0 Å². The van der Waals surface area contributed by atoms with Crippen LogP contribution in [-0.2, 0) is 4.74 Å². The van der Waals surface area contributed by atoms with E-state index in [1.54, 1.807) is 12.1 Å². The lowest BCUT2D eigenvalue weighted by Crippen LogP contribution is -2.32. The molecule has 1 aromatic rings. The molecule has 1 aliphatic heterocycles. The van der Waals surface area contributed by atoms with Crippen LogP contribution in [-0.4, -0.2) is 40.9 Å². The van der Waals surface area contributed by atoms with Crippen molar-refractivity contribution in [2.45, 2.75) is 45.3 Å². The van der Waals surface area contributed by atoms with Gasteiger partial charge in [-0.2, -0.15) is 0 Å². The molecule has 2 heterocycles. The zero-order valence-corrected chi connectivity index (χ0v) is 12.3. The summed E-state index contributed by atoms with van der Waals surface area (Å²) in [6.45, 7) is 7.43. The molecular weight excluding hydrogens is 256 g/mol.